The molecule has 0 bridgehead atoms. The van der Waals surface area contributed by atoms with Crippen molar-refractivity contribution in [3.8, 4) is 0 Å². The summed E-state index contributed by atoms with van der Waals surface area (Å²) in [6.07, 6.45) is 3.69. The van der Waals surface area contributed by atoms with Gasteiger partial charge in [0.15, 0.2) is 5.78 Å². The molecule has 1 N–H and O–H groups in total. The summed E-state index contributed by atoms with van der Waals surface area (Å²) in [7, 11) is 2.08. The SMILES string of the molecule is CN1CCC(C(=O)c2cccc(NC(=O)C3CC3)n2)CC1. The smallest absolute Gasteiger partial charge is 0.228 e. The molecule has 112 valence electrons. The van der Waals surface area contributed by atoms with Gasteiger partial charge in [0.05, 0.1) is 0 Å². The number of nitrogens with zero attached hydrogens (tertiary/aromatic N) is 2. The molecule has 5 nitrogen and oxygen atoms in total. The van der Waals surface area contributed by atoms with E-state index in [0.29, 0.717) is 11.5 Å². The van der Waals surface area contributed by atoms with Gasteiger partial charge in [0.2, 0.25) is 5.91 Å². The maximum absolute atomic E-state index is 12.5. The molecule has 3 rings (SSSR count). The summed E-state index contributed by atoms with van der Waals surface area (Å²) in [5, 5.41) is 2.80. The van der Waals surface area contributed by atoms with Crippen LogP contribution in [0.4, 0.5) is 5.82 Å². The van der Waals surface area contributed by atoms with E-state index in [0.717, 1.165) is 38.8 Å². The number of Topliss-reactive ketones (excluding diaryl/α,β-unsaturated/α-hetero) is 1. The zero-order chi connectivity index (χ0) is 14.8. The molecule has 2 aliphatic rings. The fourth-order valence-electron chi connectivity index (χ4n) is 2.70. The number of likely N-dealkylation sites (tertiary alicyclic amines) is 1. The molecule has 1 aliphatic heterocycles. The lowest BCUT2D eigenvalue weighted by molar-refractivity contribution is -0.117. The van der Waals surface area contributed by atoms with Gasteiger partial charge in [0.1, 0.15) is 11.5 Å². The number of carbonyl (C=O) groups is 2. The highest BCUT2D eigenvalue weighted by Crippen LogP contribution is 2.30. The van der Waals surface area contributed by atoms with Crippen molar-refractivity contribution in [2.75, 3.05) is 25.5 Å². The van der Waals surface area contributed by atoms with Crippen molar-refractivity contribution in [1.29, 1.82) is 0 Å². The van der Waals surface area contributed by atoms with Gasteiger partial charge >= 0.3 is 0 Å². The van der Waals surface area contributed by atoms with E-state index in [1.165, 1.54) is 0 Å². The number of nitrogens with one attached hydrogen (secondary N) is 1. The van der Waals surface area contributed by atoms with Gasteiger partial charge in [-0.15, -0.1) is 0 Å². The van der Waals surface area contributed by atoms with Crippen molar-refractivity contribution in [2.24, 2.45) is 11.8 Å². The normalized spacial score (nSPS) is 20.2. The molecule has 1 saturated carbocycles. The van der Waals surface area contributed by atoms with Crippen LogP contribution >= 0.6 is 0 Å². The molecule has 1 aliphatic carbocycles. The molecule has 5 heteroatoms. The van der Waals surface area contributed by atoms with Crippen LogP contribution in [0.2, 0.25) is 0 Å². The minimum atomic E-state index is 0.0198. The Hall–Kier alpha value is -1.75. The highest BCUT2D eigenvalue weighted by Gasteiger charge is 2.30. The molecule has 0 radical (unpaired) electrons. The molecular formula is C16H21N3O2. The van der Waals surface area contributed by atoms with E-state index in [4.69, 9.17) is 0 Å². The molecule has 1 aromatic rings. The summed E-state index contributed by atoms with van der Waals surface area (Å²) >= 11 is 0. The summed E-state index contributed by atoms with van der Waals surface area (Å²) in [5.41, 5.74) is 0.471. The molecule has 0 aromatic carbocycles. The first-order valence-electron chi connectivity index (χ1n) is 7.64. The zero-order valence-corrected chi connectivity index (χ0v) is 12.3. The first-order chi connectivity index (χ1) is 10.1. The van der Waals surface area contributed by atoms with Gasteiger partial charge in [-0.05, 0) is 58.0 Å². The Kier molecular flexibility index (Phi) is 4.01. The van der Waals surface area contributed by atoms with Crippen LogP contribution < -0.4 is 5.32 Å². The van der Waals surface area contributed by atoms with Crippen LogP contribution in [0.3, 0.4) is 0 Å². The third-order valence-corrected chi connectivity index (χ3v) is 4.29. The van der Waals surface area contributed by atoms with E-state index in [9.17, 15) is 9.59 Å². The van der Waals surface area contributed by atoms with E-state index in [-0.39, 0.29) is 23.5 Å². The van der Waals surface area contributed by atoms with Crippen molar-refractivity contribution < 1.29 is 9.59 Å². The van der Waals surface area contributed by atoms with Gasteiger partial charge in [-0.25, -0.2) is 4.98 Å². The average molecular weight is 287 g/mol. The van der Waals surface area contributed by atoms with Gasteiger partial charge in [-0.2, -0.15) is 0 Å². The summed E-state index contributed by atoms with van der Waals surface area (Å²) in [6.45, 7) is 1.91. The van der Waals surface area contributed by atoms with Crippen LogP contribution in [0.5, 0.6) is 0 Å². The van der Waals surface area contributed by atoms with Crippen molar-refractivity contribution in [3.63, 3.8) is 0 Å². The average Bonchev–Trinajstić information content (AvgIpc) is 3.32. The van der Waals surface area contributed by atoms with Crippen molar-refractivity contribution >= 4 is 17.5 Å². The summed E-state index contributed by atoms with van der Waals surface area (Å²) < 4.78 is 0. The minimum Gasteiger partial charge on any atom is -0.310 e. The molecule has 2 heterocycles. The number of pyridine rings is 1. The van der Waals surface area contributed by atoms with Crippen LogP contribution in [-0.4, -0.2) is 41.7 Å². The molecule has 0 atom stereocenters. The van der Waals surface area contributed by atoms with Crippen LogP contribution in [0, 0.1) is 11.8 Å². The van der Waals surface area contributed by atoms with Crippen LogP contribution in [-0.2, 0) is 4.79 Å². The maximum atomic E-state index is 12.5. The lowest BCUT2D eigenvalue weighted by Crippen LogP contribution is -2.33. The largest absolute Gasteiger partial charge is 0.310 e. The lowest BCUT2D eigenvalue weighted by atomic mass is 9.91. The summed E-state index contributed by atoms with van der Waals surface area (Å²) in [5.74, 6) is 0.811. The second-order valence-corrected chi connectivity index (χ2v) is 6.11. The monoisotopic (exact) mass is 287 g/mol. The Labute approximate surface area is 124 Å². The predicted molar refractivity (Wildman–Crippen MR) is 80.1 cm³/mol. The van der Waals surface area contributed by atoms with Crippen LogP contribution in [0.25, 0.3) is 0 Å². The number of amides is 1. The predicted octanol–water partition coefficient (Wildman–Crippen LogP) is 1.95. The summed E-state index contributed by atoms with van der Waals surface area (Å²) in [6, 6.07) is 5.27. The molecule has 1 amide bonds. The van der Waals surface area contributed by atoms with Gasteiger partial charge in [0.25, 0.3) is 0 Å². The molecule has 2 fully saturated rings. The quantitative estimate of drug-likeness (QED) is 0.860. The van der Waals surface area contributed by atoms with E-state index in [1.54, 1.807) is 18.2 Å². The molecule has 0 spiro atoms. The molecular weight excluding hydrogens is 266 g/mol. The molecule has 1 saturated heterocycles. The maximum Gasteiger partial charge on any atom is 0.228 e. The first-order valence-corrected chi connectivity index (χ1v) is 7.64. The lowest BCUT2D eigenvalue weighted by Gasteiger charge is -2.27. The number of piperidine rings is 1. The zero-order valence-electron chi connectivity index (χ0n) is 12.3. The standard InChI is InChI=1S/C16H21N3O2/c1-19-9-7-11(8-10-19)15(20)13-3-2-4-14(17-13)18-16(21)12-5-6-12/h2-4,11-12H,5-10H2,1H3,(H,17,18,21). The van der Waals surface area contributed by atoms with Gasteiger partial charge in [-0.3, -0.25) is 9.59 Å². The highest BCUT2D eigenvalue weighted by atomic mass is 16.2. The second-order valence-electron chi connectivity index (χ2n) is 6.11. The Morgan fingerprint density at radius 3 is 2.52 bits per heavy atom. The second kappa shape index (κ2) is 5.93. The van der Waals surface area contributed by atoms with Crippen molar-refractivity contribution in [2.45, 2.75) is 25.7 Å². The highest BCUT2D eigenvalue weighted by molar-refractivity contribution is 5.97. The topological polar surface area (TPSA) is 62.3 Å². The Balaban J connectivity index is 1.67. The number of hydrogen-bond donors (Lipinski definition) is 1. The Morgan fingerprint density at radius 2 is 1.86 bits per heavy atom. The van der Waals surface area contributed by atoms with Crippen LogP contribution in [0.15, 0.2) is 18.2 Å². The number of carbonyl (C=O) groups excluding carboxylic acids is 2. The van der Waals surface area contributed by atoms with Crippen LogP contribution in [0.1, 0.15) is 36.2 Å². The number of aromatic nitrogens is 1. The number of ketones is 1. The summed E-state index contributed by atoms with van der Waals surface area (Å²) in [4.78, 5) is 30.8. The Bertz CT molecular complexity index is 546. The number of anilines is 1. The Morgan fingerprint density at radius 1 is 1.14 bits per heavy atom. The van der Waals surface area contributed by atoms with Gasteiger partial charge in [0, 0.05) is 11.8 Å². The first kappa shape index (κ1) is 14.2. The van der Waals surface area contributed by atoms with E-state index >= 15 is 0 Å². The van der Waals surface area contributed by atoms with E-state index in [2.05, 4.69) is 22.2 Å². The van der Waals surface area contributed by atoms with Gasteiger partial charge in [-0.1, -0.05) is 6.07 Å². The van der Waals surface area contributed by atoms with Gasteiger partial charge < -0.3 is 10.2 Å². The van der Waals surface area contributed by atoms with Crippen molar-refractivity contribution in [1.82, 2.24) is 9.88 Å². The van der Waals surface area contributed by atoms with E-state index in [1.807, 2.05) is 0 Å². The third kappa shape index (κ3) is 3.47. The molecule has 21 heavy (non-hydrogen) atoms. The van der Waals surface area contributed by atoms with Crippen molar-refractivity contribution in [3.05, 3.63) is 23.9 Å². The number of rotatable bonds is 4. The fourth-order valence-corrected chi connectivity index (χ4v) is 2.70. The third-order valence-electron chi connectivity index (χ3n) is 4.29. The molecule has 1 aromatic heterocycles. The minimum absolute atomic E-state index is 0.0198. The van der Waals surface area contributed by atoms with E-state index < -0.39 is 0 Å². The number of hydrogen-bond acceptors (Lipinski definition) is 4. The molecule has 0 unspecified atom stereocenters. The fraction of sp³-hybridized carbons (Fsp3) is 0.562.